The minimum absolute atomic E-state index is 0.124. The van der Waals surface area contributed by atoms with Gasteiger partial charge in [0.05, 0.1) is 23.7 Å². The lowest BCUT2D eigenvalue weighted by Crippen LogP contribution is -2.33. The molecule has 0 saturated heterocycles. The van der Waals surface area contributed by atoms with Gasteiger partial charge in [0.15, 0.2) is 5.13 Å². The van der Waals surface area contributed by atoms with Crippen molar-refractivity contribution < 1.29 is 9.21 Å². The summed E-state index contributed by atoms with van der Waals surface area (Å²) in [7, 11) is 0. The molecule has 10 heteroatoms. The molecule has 1 amide bonds. The van der Waals surface area contributed by atoms with Crippen LogP contribution < -0.4 is 5.32 Å². The minimum Gasteiger partial charge on any atom is -0.419 e. The molecule has 0 atom stereocenters. The molecule has 4 heterocycles. The molecule has 168 valence electrons. The largest absolute Gasteiger partial charge is 0.419 e. The second kappa shape index (κ2) is 9.65. The van der Waals surface area contributed by atoms with Gasteiger partial charge in [-0.1, -0.05) is 31.2 Å². The first-order valence-electron chi connectivity index (χ1n) is 10.6. The number of thiophene rings is 1. The molecule has 1 aromatic carbocycles. The van der Waals surface area contributed by atoms with Crippen LogP contribution in [0.1, 0.15) is 19.2 Å². The van der Waals surface area contributed by atoms with Crippen LogP contribution in [-0.2, 0) is 11.3 Å². The molecule has 0 aliphatic carbocycles. The van der Waals surface area contributed by atoms with E-state index in [1.54, 1.807) is 11.3 Å². The van der Waals surface area contributed by atoms with Gasteiger partial charge in [-0.25, -0.2) is 4.98 Å². The number of amides is 1. The Kier molecular flexibility index (Phi) is 6.29. The molecule has 0 aliphatic rings. The molecule has 33 heavy (non-hydrogen) atoms. The van der Waals surface area contributed by atoms with Crippen molar-refractivity contribution in [1.82, 2.24) is 25.1 Å². The average molecular weight is 479 g/mol. The average Bonchev–Trinajstić information content (AvgIpc) is 3.59. The molecule has 5 rings (SSSR count). The SMILES string of the molecule is CCCN(CC(=O)Nc1nc(-c2c[nH]c3ccccc23)cs1)Cc1nnc(-c2cccs2)o1. The number of carbonyl (C=O) groups is 1. The number of carbonyl (C=O) groups excluding carboxylic acids is 1. The van der Waals surface area contributed by atoms with Gasteiger partial charge in [-0.3, -0.25) is 9.69 Å². The van der Waals surface area contributed by atoms with Gasteiger partial charge in [-0.2, -0.15) is 0 Å². The molecule has 0 spiro atoms. The van der Waals surface area contributed by atoms with Crippen molar-refractivity contribution in [2.75, 3.05) is 18.4 Å². The fourth-order valence-electron chi connectivity index (χ4n) is 3.64. The van der Waals surface area contributed by atoms with Crippen LogP contribution in [0.2, 0.25) is 0 Å². The van der Waals surface area contributed by atoms with Gasteiger partial charge in [0.1, 0.15) is 0 Å². The van der Waals surface area contributed by atoms with Gasteiger partial charge >= 0.3 is 0 Å². The number of nitrogens with one attached hydrogen (secondary N) is 2. The Hall–Kier alpha value is -3.34. The van der Waals surface area contributed by atoms with Crippen LogP contribution in [0.25, 0.3) is 32.9 Å². The van der Waals surface area contributed by atoms with Gasteiger partial charge in [0.2, 0.25) is 11.8 Å². The van der Waals surface area contributed by atoms with E-state index < -0.39 is 0 Å². The highest BCUT2D eigenvalue weighted by Gasteiger charge is 2.17. The minimum atomic E-state index is -0.124. The molecule has 0 radical (unpaired) electrons. The molecule has 0 aliphatic heterocycles. The summed E-state index contributed by atoms with van der Waals surface area (Å²) < 4.78 is 5.79. The molecule has 5 aromatic rings. The van der Waals surface area contributed by atoms with Crippen molar-refractivity contribution >= 4 is 44.6 Å². The van der Waals surface area contributed by atoms with E-state index in [2.05, 4.69) is 38.5 Å². The maximum atomic E-state index is 12.7. The summed E-state index contributed by atoms with van der Waals surface area (Å²) in [5, 5.41) is 16.8. The summed E-state index contributed by atoms with van der Waals surface area (Å²) in [6.07, 6.45) is 2.85. The topological polar surface area (TPSA) is 99.9 Å². The number of benzene rings is 1. The zero-order chi connectivity index (χ0) is 22.6. The van der Waals surface area contributed by atoms with Gasteiger partial charge < -0.3 is 14.7 Å². The molecule has 0 unspecified atom stereocenters. The Morgan fingerprint density at radius 3 is 2.94 bits per heavy atom. The predicted molar refractivity (Wildman–Crippen MR) is 131 cm³/mol. The van der Waals surface area contributed by atoms with Gasteiger partial charge in [0.25, 0.3) is 5.89 Å². The zero-order valence-electron chi connectivity index (χ0n) is 17.9. The van der Waals surface area contributed by atoms with Crippen LogP contribution >= 0.6 is 22.7 Å². The second-order valence-corrected chi connectivity index (χ2v) is 9.33. The number of anilines is 1. The third kappa shape index (κ3) is 4.87. The highest BCUT2D eigenvalue weighted by Crippen LogP contribution is 2.31. The summed E-state index contributed by atoms with van der Waals surface area (Å²) in [6, 6.07) is 12.0. The second-order valence-electron chi connectivity index (χ2n) is 7.52. The summed E-state index contributed by atoms with van der Waals surface area (Å²) in [6.45, 7) is 3.44. The van der Waals surface area contributed by atoms with Crippen LogP contribution in [0.3, 0.4) is 0 Å². The van der Waals surface area contributed by atoms with E-state index in [4.69, 9.17) is 4.42 Å². The normalized spacial score (nSPS) is 11.5. The van der Waals surface area contributed by atoms with Crippen LogP contribution in [0.4, 0.5) is 5.13 Å². The first kappa shape index (κ1) is 21.5. The molecule has 0 fully saturated rings. The molecule has 0 bridgehead atoms. The van der Waals surface area contributed by atoms with E-state index >= 15 is 0 Å². The third-order valence-electron chi connectivity index (χ3n) is 5.08. The first-order valence-corrected chi connectivity index (χ1v) is 12.4. The number of aromatic amines is 1. The van der Waals surface area contributed by atoms with Gasteiger partial charge in [0, 0.05) is 28.0 Å². The van der Waals surface area contributed by atoms with Gasteiger partial charge in [-0.05, 0) is 30.5 Å². The van der Waals surface area contributed by atoms with Crippen LogP contribution in [-0.4, -0.2) is 44.1 Å². The van der Waals surface area contributed by atoms with Crippen LogP contribution in [0.5, 0.6) is 0 Å². The lowest BCUT2D eigenvalue weighted by atomic mass is 10.1. The summed E-state index contributed by atoms with van der Waals surface area (Å²) in [4.78, 5) is 23.5. The number of H-pyrrole nitrogens is 1. The Labute approximate surface area is 198 Å². The number of para-hydroxylation sites is 1. The van der Waals surface area contributed by atoms with Crippen molar-refractivity contribution in [3.63, 3.8) is 0 Å². The Bertz CT molecular complexity index is 1350. The third-order valence-corrected chi connectivity index (χ3v) is 6.70. The Morgan fingerprint density at radius 2 is 2.09 bits per heavy atom. The van der Waals surface area contributed by atoms with E-state index in [9.17, 15) is 4.79 Å². The van der Waals surface area contributed by atoms with Crippen LogP contribution in [0.15, 0.2) is 57.8 Å². The predicted octanol–water partition coefficient (Wildman–Crippen LogP) is 5.25. The van der Waals surface area contributed by atoms with Crippen molar-refractivity contribution in [3.05, 3.63) is 59.2 Å². The molecule has 8 nitrogen and oxygen atoms in total. The number of nitrogens with zero attached hydrogens (tertiary/aromatic N) is 4. The van der Waals surface area contributed by atoms with E-state index in [0.717, 1.165) is 40.0 Å². The number of fused-ring (bicyclic) bond motifs is 1. The Morgan fingerprint density at radius 1 is 1.18 bits per heavy atom. The fourth-order valence-corrected chi connectivity index (χ4v) is 5.01. The summed E-state index contributed by atoms with van der Waals surface area (Å²) in [5.41, 5.74) is 2.92. The molecule has 4 aromatic heterocycles. The van der Waals surface area contributed by atoms with Crippen molar-refractivity contribution in [1.29, 1.82) is 0 Å². The fraction of sp³-hybridized carbons (Fsp3) is 0.217. The summed E-state index contributed by atoms with van der Waals surface area (Å²) in [5.74, 6) is 0.880. The maximum Gasteiger partial charge on any atom is 0.257 e. The summed E-state index contributed by atoms with van der Waals surface area (Å²) >= 11 is 2.97. The van der Waals surface area contributed by atoms with E-state index in [-0.39, 0.29) is 12.5 Å². The molecule has 2 N–H and O–H groups in total. The van der Waals surface area contributed by atoms with E-state index in [1.165, 1.54) is 11.3 Å². The monoisotopic (exact) mass is 478 g/mol. The van der Waals surface area contributed by atoms with Crippen molar-refractivity contribution in [2.45, 2.75) is 19.9 Å². The zero-order valence-corrected chi connectivity index (χ0v) is 19.6. The molecular weight excluding hydrogens is 456 g/mol. The highest BCUT2D eigenvalue weighted by molar-refractivity contribution is 7.14. The van der Waals surface area contributed by atoms with E-state index in [0.29, 0.717) is 23.5 Å². The lowest BCUT2D eigenvalue weighted by Gasteiger charge is -2.18. The van der Waals surface area contributed by atoms with Crippen LogP contribution in [0, 0.1) is 0 Å². The molecular formula is C23H22N6O2S2. The quantitative estimate of drug-likeness (QED) is 0.300. The van der Waals surface area contributed by atoms with Crippen molar-refractivity contribution in [3.8, 4) is 22.0 Å². The number of hydrogen-bond acceptors (Lipinski definition) is 8. The lowest BCUT2D eigenvalue weighted by molar-refractivity contribution is -0.117. The number of thiazole rings is 1. The Balaban J connectivity index is 1.23. The maximum absolute atomic E-state index is 12.7. The molecule has 0 saturated carbocycles. The number of hydrogen-bond donors (Lipinski definition) is 2. The smallest absolute Gasteiger partial charge is 0.257 e. The van der Waals surface area contributed by atoms with E-state index in [1.807, 2.05) is 52.2 Å². The standard InChI is InChI=1S/C23H22N6O2S2/c1-2-9-29(13-21-27-28-22(31-21)19-8-5-10-32-19)12-20(30)26-23-25-18(14-33-23)16-11-24-17-7-4-3-6-15(16)17/h3-8,10-11,14,24H,2,9,12-13H2,1H3,(H,25,26,30). The first-order chi connectivity index (χ1) is 16.2. The number of rotatable bonds is 9. The number of aromatic nitrogens is 4. The van der Waals surface area contributed by atoms with Gasteiger partial charge in [-0.15, -0.1) is 32.9 Å². The van der Waals surface area contributed by atoms with Crippen molar-refractivity contribution in [2.24, 2.45) is 0 Å². The highest BCUT2D eigenvalue weighted by atomic mass is 32.1.